The van der Waals surface area contributed by atoms with Crippen LogP contribution in [0.3, 0.4) is 0 Å². The van der Waals surface area contributed by atoms with Crippen molar-refractivity contribution in [3.8, 4) is 5.69 Å². The highest BCUT2D eigenvalue weighted by molar-refractivity contribution is 7.90. The maximum absolute atomic E-state index is 12.9. The van der Waals surface area contributed by atoms with E-state index in [2.05, 4.69) is 10.4 Å². The van der Waals surface area contributed by atoms with Gasteiger partial charge in [0.25, 0.3) is 11.6 Å². The first-order valence-electron chi connectivity index (χ1n) is 8.78. The van der Waals surface area contributed by atoms with Gasteiger partial charge in [-0.1, -0.05) is 29.3 Å². The second-order valence-electron chi connectivity index (χ2n) is 6.93. The Labute approximate surface area is 176 Å². The number of halogens is 1. The van der Waals surface area contributed by atoms with Gasteiger partial charge in [-0.05, 0) is 25.1 Å². The summed E-state index contributed by atoms with van der Waals surface area (Å²) < 4.78 is 25.6. The second-order valence-corrected chi connectivity index (χ2v) is 9.40. The van der Waals surface area contributed by atoms with Gasteiger partial charge in [-0.15, -0.1) is 0 Å². The van der Waals surface area contributed by atoms with Gasteiger partial charge in [0, 0.05) is 17.7 Å². The Kier molecular flexibility index (Phi) is 4.83. The number of fused-ring (bicyclic) bond motifs is 1. The standard InChI is InChI=1S/C19H15ClN4O5S/c1-11-2-4-12(5-3-11)23-18(15-9-30(28,29)10-17(15)22-23)21-19(25)14-8-13(24(26)27)6-7-16(14)20/h2-8H,9-10H2,1H3,(H,21,25). The Morgan fingerprint density at radius 1 is 1.20 bits per heavy atom. The Morgan fingerprint density at radius 3 is 2.57 bits per heavy atom. The number of anilines is 1. The number of non-ortho nitro benzene ring substituents is 1. The molecule has 9 nitrogen and oxygen atoms in total. The molecule has 0 unspecified atom stereocenters. The molecule has 0 bridgehead atoms. The first kappa shape index (κ1) is 20.0. The maximum atomic E-state index is 12.9. The molecule has 1 N–H and O–H groups in total. The number of nitrogens with one attached hydrogen (secondary N) is 1. The highest BCUT2D eigenvalue weighted by Crippen LogP contribution is 2.34. The van der Waals surface area contributed by atoms with Gasteiger partial charge in [0.05, 0.1) is 38.4 Å². The minimum atomic E-state index is -3.36. The van der Waals surface area contributed by atoms with Gasteiger partial charge in [0.1, 0.15) is 5.82 Å². The van der Waals surface area contributed by atoms with Crippen LogP contribution in [0.4, 0.5) is 11.5 Å². The van der Waals surface area contributed by atoms with E-state index in [4.69, 9.17) is 11.6 Å². The number of nitro benzene ring substituents is 1. The number of hydrogen-bond acceptors (Lipinski definition) is 6. The highest BCUT2D eigenvalue weighted by Gasteiger charge is 2.33. The number of nitrogens with zero attached hydrogens (tertiary/aromatic N) is 3. The van der Waals surface area contributed by atoms with Crippen molar-refractivity contribution in [2.75, 3.05) is 5.32 Å². The van der Waals surface area contributed by atoms with Crippen molar-refractivity contribution in [2.24, 2.45) is 0 Å². The molecule has 3 aromatic rings. The lowest BCUT2D eigenvalue weighted by atomic mass is 10.1. The molecule has 4 rings (SSSR count). The van der Waals surface area contributed by atoms with Gasteiger partial charge in [-0.2, -0.15) is 5.10 Å². The number of rotatable bonds is 4. The molecule has 1 aliphatic heterocycles. The average Bonchev–Trinajstić information content (AvgIpc) is 3.15. The smallest absolute Gasteiger partial charge is 0.270 e. The average molecular weight is 447 g/mol. The number of amides is 1. The van der Waals surface area contributed by atoms with Crippen LogP contribution in [0.2, 0.25) is 5.02 Å². The molecule has 30 heavy (non-hydrogen) atoms. The van der Waals surface area contributed by atoms with E-state index in [1.54, 1.807) is 12.1 Å². The summed E-state index contributed by atoms with van der Waals surface area (Å²) >= 11 is 6.07. The normalized spacial score (nSPS) is 14.3. The fourth-order valence-corrected chi connectivity index (χ4v) is 4.92. The Hall–Kier alpha value is -3.24. The SMILES string of the molecule is Cc1ccc(-n2nc3c(c2NC(=O)c2cc([N+](=O)[O-])ccc2Cl)CS(=O)(=O)C3)cc1. The molecule has 2 heterocycles. The van der Waals surface area contributed by atoms with Crippen molar-refractivity contribution in [3.63, 3.8) is 0 Å². The van der Waals surface area contributed by atoms with E-state index in [0.29, 0.717) is 16.9 Å². The quantitative estimate of drug-likeness (QED) is 0.483. The molecular formula is C19H15ClN4O5S. The molecule has 0 fully saturated rings. The van der Waals surface area contributed by atoms with Crippen molar-refractivity contribution >= 4 is 38.9 Å². The van der Waals surface area contributed by atoms with Crippen molar-refractivity contribution in [2.45, 2.75) is 18.4 Å². The molecule has 0 saturated carbocycles. The predicted octanol–water partition coefficient (Wildman–Crippen LogP) is 3.42. The van der Waals surface area contributed by atoms with E-state index in [-0.39, 0.29) is 33.6 Å². The zero-order chi connectivity index (χ0) is 21.6. The minimum Gasteiger partial charge on any atom is -0.306 e. The Balaban J connectivity index is 1.79. The van der Waals surface area contributed by atoms with Crippen LogP contribution in [0.25, 0.3) is 5.69 Å². The summed E-state index contributed by atoms with van der Waals surface area (Å²) in [6.45, 7) is 1.92. The molecule has 0 radical (unpaired) electrons. The summed E-state index contributed by atoms with van der Waals surface area (Å²) in [5.41, 5.74) is 2.02. The summed E-state index contributed by atoms with van der Waals surface area (Å²) in [7, 11) is -3.36. The topological polar surface area (TPSA) is 124 Å². The third-order valence-electron chi connectivity index (χ3n) is 4.70. The van der Waals surface area contributed by atoms with Gasteiger partial charge >= 0.3 is 0 Å². The predicted molar refractivity (Wildman–Crippen MR) is 111 cm³/mol. The molecule has 0 aliphatic carbocycles. The number of hydrogen-bond donors (Lipinski definition) is 1. The molecule has 0 atom stereocenters. The van der Waals surface area contributed by atoms with Crippen LogP contribution in [0.5, 0.6) is 0 Å². The lowest BCUT2D eigenvalue weighted by Crippen LogP contribution is -2.17. The van der Waals surface area contributed by atoms with Crippen LogP contribution in [0, 0.1) is 17.0 Å². The summed E-state index contributed by atoms with van der Waals surface area (Å²) in [6.07, 6.45) is 0. The van der Waals surface area contributed by atoms with E-state index in [9.17, 15) is 23.3 Å². The van der Waals surface area contributed by atoms with Crippen LogP contribution in [0.1, 0.15) is 27.2 Å². The van der Waals surface area contributed by atoms with Crippen LogP contribution in [0.15, 0.2) is 42.5 Å². The molecule has 1 aromatic heterocycles. The van der Waals surface area contributed by atoms with Crippen LogP contribution < -0.4 is 5.32 Å². The van der Waals surface area contributed by atoms with Crippen molar-refractivity contribution in [1.29, 1.82) is 0 Å². The van der Waals surface area contributed by atoms with Crippen LogP contribution in [-0.4, -0.2) is 29.0 Å². The van der Waals surface area contributed by atoms with Gasteiger partial charge in [-0.3, -0.25) is 14.9 Å². The second kappa shape index (κ2) is 7.22. The lowest BCUT2D eigenvalue weighted by Gasteiger charge is -2.12. The van der Waals surface area contributed by atoms with E-state index in [1.165, 1.54) is 16.8 Å². The first-order valence-corrected chi connectivity index (χ1v) is 11.0. The largest absolute Gasteiger partial charge is 0.306 e. The van der Waals surface area contributed by atoms with E-state index in [0.717, 1.165) is 11.6 Å². The number of aromatic nitrogens is 2. The van der Waals surface area contributed by atoms with Gasteiger partial charge in [-0.25, -0.2) is 13.1 Å². The van der Waals surface area contributed by atoms with Gasteiger partial charge < -0.3 is 5.32 Å². The Morgan fingerprint density at radius 2 is 1.90 bits per heavy atom. The number of carbonyl (C=O) groups is 1. The van der Waals surface area contributed by atoms with E-state index >= 15 is 0 Å². The number of aryl methyl sites for hydroxylation is 1. The molecular weight excluding hydrogens is 432 g/mol. The maximum Gasteiger partial charge on any atom is 0.270 e. The van der Waals surface area contributed by atoms with Crippen molar-refractivity contribution in [1.82, 2.24) is 9.78 Å². The zero-order valence-corrected chi connectivity index (χ0v) is 17.2. The summed E-state index contributed by atoms with van der Waals surface area (Å²) in [5.74, 6) is -0.986. The van der Waals surface area contributed by atoms with E-state index < -0.39 is 20.7 Å². The fraction of sp³-hybridized carbons (Fsp3) is 0.158. The number of sulfone groups is 1. The minimum absolute atomic E-state index is 0.0313. The monoisotopic (exact) mass is 446 g/mol. The molecule has 1 amide bonds. The van der Waals surface area contributed by atoms with E-state index in [1.807, 2.05) is 19.1 Å². The summed E-state index contributed by atoms with van der Waals surface area (Å²) in [4.78, 5) is 23.3. The molecule has 154 valence electrons. The molecule has 1 aliphatic rings. The number of benzene rings is 2. The molecule has 11 heteroatoms. The summed E-state index contributed by atoms with van der Waals surface area (Å²) in [6, 6.07) is 10.8. The fourth-order valence-electron chi connectivity index (χ4n) is 3.22. The third kappa shape index (κ3) is 3.66. The number of carbonyl (C=O) groups excluding carboxylic acids is 1. The first-order chi connectivity index (χ1) is 14.1. The van der Waals surface area contributed by atoms with Crippen LogP contribution >= 0.6 is 11.6 Å². The van der Waals surface area contributed by atoms with Crippen molar-refractivity contribution < 1.29 is 18.1 Å². The van der Waals surface area contributed by atoms with Crippen molar-refractivity contribution in [3.05, 3.63) is 80.0 Å². The molecule has 2 aromatic carbocycles. The third-order valence-corrected chi connectivity index (χ3v) is 6.47. The zero-order valence-electron chi connectivity index (χ0n) is 15.6. The highest BCUT2D eigenvalue weighted by atomic mass is 35.5. The Bertz CT molecular complexity index is 1300. The summed E-state index contributed by atoms with van der Waals surface area (Å²) in [5, 5.41) is 18.1. The van der Waals surface area contributed by atoms with Gasteiger partial charge in [0.15, 0.2) is 9.84 Å². The molecule has 0 saturated heterocycles. The van der Waals surface area contributed by atoms with Crippen LogP contribution in [-0.2, 0) is 21.3 Å². The molecule has 0 spiro atoms. The lowest BCUT2D eigenvalue weighted by molar-refractivity contribution is -0.384. The number of nitro groups is 1. The van der Waals surface area contributed by atoms with Gasteiger partial charge in [0.2, 0.25) is 0 Å².